The normalized spacial score (nSPS) is 14.2. The number of esters is 1. The molecule has 0 aromatic heterocycles. The van der Waals surface area contributed by atoms with Crippen LogP contribution >= 0.6 is 11.8 Å². The lowest BCUT2D eigenvalue weighted by atomic mass is 10.1. The van der Waals surface area contributed by atoms with Gasteiger partial charge in [0.2, 0.25) is 5.91 Å². The first-order chi connectivity index (χ1) is 11.5. The predicted molar refractivity (Wildman–Crippen MR) is 93.1 cm³/mol. The summed E-state index contributed by atoms with van der Waals surface area (Å²) in [7, 11) is 4.64. The number of nitrogens with zero attached hydrogens (tertiary/aromatic N) is 2. The first-order valence-corrected chi connectivity index (χ1v) is 8.64. The van der Waals surface area contributed by atoms with E-state index >= 15 is 0 Å². The Kier molecular flexibility index (Phi) is 6.66. The van der Waals surface area contributed by atoms with E-state index in [-0.39, 0.29) is 24.6 Å². The summed E-state index contributed by atoms with van der Waals surface area (Å²) in [5, 5.41) is 4.59. The molecule has 0 atom stereocenters. The Balaban J connectivity index is 1.99. The van der Waals surface area contributed by atoms with Crippen LogP contribution in [0.15, 0.2) is 34.3 Å². The lowest BCUT2D eigenvalue weighted by Crippen LogP contribution is -2.23. The quantitative estimate of drug-likeness (QED) is 0.311. The van der Waals surface area contributed by atoms with Gasteiger partial charge in [0.05, 0.1) is 13.5 Å². The number of carbonyl (C=O) groups is 2. The van der Waals surface area contributed by atoms with E-state index in [2.05, 4.69) is 5.16 Å². The van der Waals surface area contributed by atoms with Crippen LogP contribution in [0.3, 0.4) is 0 Å². The van der Waals surface area contributed by atoms with Crippen molar-refractivity contribution in [2.75, 3.05) is 27.8 Å². The number of carbonyl (C=O) groups excluding carboxylic acids is 2. The van der Waals surface area contributed by atoms with Crippen LogP contribution in [0.2, 0.25) is 0 Å². The molecule has 0 radical (unpaired) electrons. The second kappa shape index (κ2) is 8.73. The number of amides is 1. The molecule has 0 unspecified atom stereocenters. The monoisotopic (exact) mass is 350 g/mol. The van der Waals surface area contributed by atoms with Crippen molar-refractivity contribution in [2.24, 2.45) is 5.16 Å². The van der Waals surface area contributed by atoms with Crippen LogP contribution in [0.4, 0.5) is 0 Å². The number of oxime groups is 1. The molecule has 1 aliphatic carbocycles. The summed E-state index contributed by atoms with van der Waals surface area (Å²) >= 11 is 1.84. The third kappa shape index (κ3) is 5.56. The van der Waals surface area contributed by atoms with Gasteiger partial charge in [0, 0.05) is 29.8 Å². The maximum absolute atomic E-state index is 11.9. The van der Waals surface area contributed by atoms with Crippen molar-refractivity contribution in [2.45, 2.75) is 29.4 Å². The van der Waals surface area contributed by atoms with E-state index in [1.807, 2.05) is 36.0 Å². The van der Waals surface area contributed by atoms with Gasteiger partial charge >= 0.3 is 5.97 Å². The largest absolute Gasteiger partial charge is 0.464 e. The number of ether oxygens (including phenoxy) is 1. The SMILES string of the molecule is COC(=O)/C(=N/OCCC(=O)N(C)C)c1ccc(SC2CC2)cc1. The Bertz CT molecular complexity index is 610. The van der Waals surface area contributed by atoms with E-state index in [9.17, 15) is 9.59 Å². The van der Waals surface area contributed by atoms with Crippen LogP contribution < -0.4 is 0 Å². The number of hydrogen-bond donors (Lipinski definition) is 0. The maximum Gasteiger partial charge on any atom is 0.360 e. The summed E-state index contributed by atoms with van der Waals surface area (Å²) in [5.74, 6) is -0.636. The Hall–Kier alpha value is -2.02. The van der Waals surface area contributed by atoms with E-state index in [4.69, 9.17) is 9.57 Å². The van der Waals surface area contributed by atoms with Gasteiger partial charge in [0.25, 0.3) is 0 Å². The molecule has 1 aromatic rings. The minimum absolute atomic E-state index is 0.0636. The van der Waals surface area contributed by atoms with Gasteiger partial charge in [-0.2, -0.15) is 0 Å². The zero-order valence-electron chi connectivity index (χ0n) is 14.2. The van der Waals surface area contributed by atoms with Gasteiger partial charge in [-0.3, -0.25) is 4.79 Å². The van der Waals surface area contributed by atoms with Gasteiger partial charge in [-0.25, -0.2) is 4.79 Å². The Morgan fingerprint density at radius 2 is 1.92 bits per heavy atom. The molecule has 0 N–H and O–H groups in total. The molecule has 7 heteroatoms. The highest BCUT2D eigenvalue weighted by Gasteiger charge is 2.22. The van der Waals surface area contributed by atoms with Crippen molar-refractivity contribution in [3.8, 4) is 0 Å². The van der Waals surface area contributed by atoms with E-state index in [1.165, 1.54) is 29.7 Å². The molecule has 0 aliphatic heterocycles. The first-order valence-electron chi connectivity index (χ1n) is 7.76. The Morgan fingerprint density at radius 1 is 1.25 bits per heavy atom. The van der Waals surface area contributed by atoms with Crippen molar-refractivity contribution in [1.29, 1.82) is 0 Å². The zero-order chi connectivity index (χ0) is 17.5. The molecule has 1 amide bonds. The van der Waals surface area contributed by atoms with Gasteiger partial charge in [-0.05, 0) is 25.0 Å². The highest BCUT2D eigenvalue weighted by Crippen LogP contribution is 2.39. The van der Waals surface area contributed by atoms with E-state index in [0.29, 0.717) is 5.56 Å². The molecule has 1 fully saturated rings. The van der Waals surface area contributed by atoms with Gasteiger partial charge in [0.15, 0.2) is 5.71 Å². The van der Waals surface area contributed by atoms with Crippen LogP contribution in [0.1, 0.15) is 24.8 Å². The summed E-state index contributed by atoms with van der Waals surface area (Å²) in [4.78, 5) is 31.2. The molecule has 0 saturated heterocycles. The maximum atomic E-state index is 11.9. The summed E-state index contributed by atoms with van der Waals surface area (Å²) in [5.41, 5.74) is 0.721. The lowest BCUT2D eigenvalue weighted by Gasteiger charge is -2.09. The van der Waals surface area contributed by atoms with E-state index < -0.39 is 5.97 Å². The molecule has 6 nitrogen and oxygen atoms in total. The van der Waals surface area contributed by atoms with Gasteiger partial charge in [-0.15, -0.1) is 11.8 Å². The highest BCUT2D eigenvalue weighted by molar-refractivity contribution is 8.00. The molecule has 0 bridgehead atoms. The average Bonchev–Trinajstić information content (AvgIpc) is 3.39. The molecular formula is C17H22N2O4S. The summed E-state index contributed by atoms with van der Waals surface area (Å²) in [6.45, 7) is 0.104. The third-order valence-corrected chi connectivity index (χ3v) is 4.74. The van der Waals surface area contributed by atoms with E-state index in [0.717, 1.165) is 5.25 Å². The molecule has 1 aliphatic rings. The molecule has 0 heterocycles. The highest BCUT2D eigenvalue weighted by atomic mass is 32.2. The van der Waals surface area contributed by atoms with Crippen LogP contribution in [0.5, 0.6) is 0 Å². The molecule has 2 rings (SSSR count). The summed E-state index contributed by atoms with van der Waals surface area (Å²) < 4.78 is 4.76. The summed E-state index contributed by atoms with van der Waals surface area (Å²) in [6, 6.07) is 7.59. The number of thioether (sulfide) groups is 1. The number of benzene rings is 1. The summed E-state index contributed by atoms with van der Waals surface area (Å²) in [6.07, 6.45) is 2.73. The van der Waals surface area contributed by atoms with Crippen LogP contribution in [-0.4, -0.2) is 55.6 Å². The van der Waals surface area contributed by atoms with Crippen molar-refractivity contribution in [3.63, 3.8) is 0 Å². The number of hydrogen-bond acceptors (Lipinski definition) is 6. The van der Waals surface area contributed by atoms with Gasteiger partial charge in [-0.1, -0.05) is 17.3 Å². The fourth-order valence-electron chi connectivity index (χ4n) is 1.84. The van der Waals surface area contributed by atoms with Crippen molar-refractivity contribution >= 4 is 29.4 Å². The van der Waals surface area contributed by atoms with Gasteiger partial charge in [0.1, 0.15) is 6.61 Å². The smallest absolute Gasteiger partial charge is 0.360 e. The topological polar surface area (TPSA) is 68.2 Å². The van der Waals surface area contributed by atoms with Crippen molar-refractivity contribution in [1.82, 2.24) is 4.90 Å². The zero-order valence-corrected chi connectivity index (χ0v) is 15.0. The van der Waals surface area contributed by atoms with Crippen LogP contribution in [-0.2, 0) is 19.2 Å². The molecule has 1 aromatic carbocycles. The van der Waals surface area contributed by atoms with Crippen molar-refractivity contribution < 1.29 is 19.2 Å². The Labute approximate surface area is 146 Å². The third-order valence-electron chi connectivity index (χ3n) is 3.40. The predicted octanol–water partition coefficient (Wildman–Crippen LogP) is 2.31. The number of rotatable bonds is 8. The second-order valence-electron chi connectivity index (χ2n) is 5.64. The fourth-order valence-corrected chi connectivity index (χ4v) is 2.89. The lowest BCUT2D eigenvalue weighted by molar-refractivity contribution is -0.132. The molecule has 24 heavy (non-hydrogen) atoms. The minimum atomic E-state index is -0.573. The molecule has 1 saturated carbocycles. The second-order valence-corrected chi connectivity index (χ2v) is 7.02. The Morgan fingerprint density at radius 3 is 2.46 bits per heavy atom. The number of methoxy groups -OCH3 is 1. The molecule has 130 valence electrons. The minimum Gasteiger partial charge on any atom is -0.464 e. The average molecular weight is 350 g/mol. The van der Waals surface area contributed by atoms with Gasteiger partial charge < -0.3 is 14.5 Å². The first kappa shape index (κ1) is 18.3. The van der Waals surface area contributed by atoms with Crippen LogP contribution in [0.25, 0.3) is 0 Å². The standard InChI is InChI=1S/C17H22N2O4S/c1-19(2)15(20)10-11-23-18-16(17(21)22-3)12-4-6-13(7-5-12)24-14-8-9-14/h4-7,14H,8-11H2,1-3H3/b18-16+. The molecular weight excluding hydrogens is 328 g/mol. The molecule has 0 spiro atoms. The fraction of sp³-hybridized carbons (Fsp3) is 0.471. The van der Waals surface area contributed by atoms with E-state index in [1.54, 1.807) is 14.1 Å². The van der Waals surface area contributed by atoms with Crippen molar-refractivity contribution in [3.05, 3.63) is 29.8 Å². The van der Waals surface area contributed by atoms with Crippen LogP contribution in [0, 0.1) is 0 Å².